The van der Waals surface area contributed by atoms with Crippen LogP contribution in [0.2, 0.25) is 0 Å². The van der Waals surface area contributed by atoms with E-state index in [4.69, 9.17) is 4.42 Å². The molecule has 2 atom stereocenters. The van der Waals surface area contributed by atoms with Crippen LogP contribution < -0.4 is 5.32 Å². The molecule has 19 heavy (non-hydrogen) atoms. The van der Waals surface area contributed by atoms with Crippen LogP contribution in [-0.4, -0.2) is 24.5 Å². The molecule has 108 valence electrons. The van der Waals surface area contributed by atoms with E-state index in [1.54, 1.807) is 0 Å². The zero-order valence-corrected chi connectivity index (χ0v) is 12.6. The molecule has 1 aliphatic rings. The van der Waals surface area contributed by atoms with E-state index in [1.165, 1.54) is 19.5 Å². The highest BCUT2D eigenvalue weighted by Gasteiger charge is 2.23. The van der Waals surface area contributed by atoms with Gasteiger partial charge in [-0.15, -0.1) is 0 Å². The lowest BCUT2D eigenvalue weighted by molar-refractivity contribution is 0.124. The van der Waals surface area contributed by atoms with Crippen molar-refractivity contribution in [2.75, 3.05) is 19.6 Å². The minimum absolute atomic E-state index is 0.800. The molecule has 1 saturated heterocycles. The zero-order valence-electron chi connectivity index (χ0n) is 12.6. The minimum Gasteiger partial charge on any atom is -0.463 e. The van der Waals surface area contributed by atoms with Gasteiger partial charge in [-0.25, -0.2) is 0 Å². The summed E-state index contributed by atoms with van der Waals surface area (Å²) in [5.41, 5.74) is 0. The maximum Gasteiger partial charge on any atom is 0.118 e. The normalized spacial score (nSPS) is 24.8. The molecule has 2 unspecified atom stereocenters. The highest BCUT2D eigenvalue weighted by atomic mass is 16.3. The standard InChI is InChI=1S/C16H28N2O/c1-4-8-17-10-15-5-6-16(19-15)12-18-9-7-13(2)14(3)11-18/h5-6,13-14,17H,4,7-12H2,1-3H3. The lowest BCUT2D eigenvalue weighted by Gasteiger charge is -2.34. The second-order valence-corrected chi connectivity index (χ2v) is 6.02. The average molecular weight is 264 g/mol. The summed E-state index contributed by atoms with van der Waals surface area (Å²) in [7, 11) is 0. The Morgan fingerprint density at radius 1 is 1.26 bits per heavy atom. The third kappa shape index (κ3) is 4.36. The van der Waals surface area contributed by atoms with Gasteiger partial charge < -0.3 is 9.73 Å². The van der Waals surface area contributed by atoms with Crippen molar-refractivity contribution in [3.63, 3.8) is 0 Å². The predicted molar refractivity (Wildman–Crippen MR) is 78.9 cm³/mol. The molecule has 2 rings (SSSR count). The molecule has 0 saturated carbocycles. The first-order chi connectivity index (χ1) is 9.19. The van der Waals surface area contributed by atoms with Crippen LogP contribution in [0.15, 0.2) is 16.5 Å². The molecule has 1 fully saturated rings. The summed E-state index contributed by atoms with van der Waals surface area (Å²) in [6.45, 7) is 12.2. The average Bonchev–Trinajstić information content (AvgIpc) is 2.82. The summed E-state index contributed by atoms with van der Waals surface area (Å²) in [5.74, 6) is 3.83. The monoisotopic (exact) mass is 264 g/mol. The van der Waals surface area contributed by atoms with Crippen molar-refractivity contribution in [1.29, 1.82) is 0 Å². The van der Waals surface area contributed by atoms with E-state index >= 15 is 0 Å². The zero-order chi connectivity index (χ0) is 13.7. The number of hydrogen-bond donors (Lipinski definition) is 1. The molecular weight excluding hydrogens is 236 g/mol. The predicted octanol–water partition coefficient (Wildman–Crippen LogP) is 3.26. The molecule has 1 N–H and O–H groups in total. The molecule has 2 heterocycles. The smallest absolute Gasteiger partial charge is 0.118 e. The minimum atomic E-state index is 0.800. The Kier molecular flexibility index (Phi) is 5.46. The van der Waals surface area contributed by atoms with Gasteiger partial charge in [0, 0.05) is 6.54 Å². The fraction of sp³-hybridized carbons (Fsp3) is 0.750. The van der Waals surface area contributed by atoms with Crippen LogP contribution >= 0.6 is 0 Å². The number of rotatable bonds is 6. The maximum atomic E-state index is 5.89. The second kappa shape index (κ2) is 7.11. The van der Waals surface area contributed by atoms with E-state index in [9.17, 15) is 0 Å². The van der Waals surface area contributed by atoms with Gasteiger partial charge in [-0.1, -0.05) is 20.8 Å². The highest BCUT2D eigenvalue weighted by Crippen LogP contribution is 2.24. The molecule has 0 bridgehead atoms. The third-order valence-electron chi connectivity index (χ3n) is 4.24. The number of furan rings is 1. The van der Waals surface area contributed by atoms with Gasteiger partial charge in [0.15, 0.2) is 0 Å². The van der Waals surface area contributed by atoms with Crippen LogP contribution in [-0.2, 0) is 13.1 Å². The van der Waals surface area contributed by atoms with Gasteiger partial charge >= 0.3 is 0 Å². The van der Waals surface area contributed by atoms with Crippen molar-refractivity contribution in [3.05, 3.63) is 23.7 Å². The van der Waals surface area contributed by atoms with Crippen LogP contribution in [0.3, 0.4) is 0 Å². The van der Waals surface area contributed by atoms with E-state index in [0.717, 1.165) is 49.4 Å². The Labute approximate surface area is 117 Å². The van der Waals surface area contributed by atoms with Gasteiger partial charge in [-0.05, 0) is 49.9 Å². The summed E-state index contributed by atoms with van der Waals surface area (Å²) >= 11 is 0. The Morgan fingerprint density at radius 2 is 2.05 bits per heavy atom. The fourth-order valence-electron chi connectivity index (χ4n) is 2.70. The van der Waals surface area contributed by atoms with Crippen molar-refractivity contribution >= 4 is 0 Å². The molecule has 0 amide bonds. The molecule has 0 aromatic carbocycles. The molecule has 0 radical (unpaired) electrons. The van der Waals surface area contributed by atoms with Gasteiger partial charge in [-0.3, -0.25) is 4.90 Å². The van der Waals surface area contributed by atoms with Gasteiger partial charge in [0.05, 0.1) is 13.1 Å². The first kappa shape index (κ1) is 14.6. The van der Waals surface area contributed by atoms with Crippen molar-refractivity contribution in [3.8, 4) is 0 Å². The van der Waals surface area contributed by atoms with Crippen LogP contribution in [0.25, 0.3) is 0 Å². The molecule has 0 spiro atoms. The number of nitrogens with zero attached hydrogens (tertiary/aromatic N) is 1. The Hall–Kier alpha value is -0.800. The number of likely N-dealkylation sites (tertiary alicyclic amines) is 1. The van der Waals surface area contributed by atoms with Gasteiger partial charge in [0.1, 0.15) is 11.5 Å². The van der Waals surface area contributed by atoms with Crippen LogP contribution in [0.5, 0.6) is 0 Å². The maximum absolute atomic E-state index is 5.89. The molecule has 3 nitrogen and oxygen atoms in total. The van der Waals surface area contributed by atoms with E-state index in [-0.39, 0.29) is 0 Å². The lowest BCUT2D eigenvalue weighted by Crippen LogP contribution is -2.37. The molecule has 0 aliphatic carbocycles. The van der Waals surface area contributed by atoms with Crippen molar-refractivity contribution < 1.29 is 4.42 Å². The fourth-order valence-corrected chi connectivity index (χ4v) is 2.70. The van der Waals surface area contributed by atoms with E-state index in [2.05, 4.69) is 43.1 Å². The van der Waals surface area contributed by atoms with E-state index in [1.807, 2.05) is 0 Å². The molecule has 1 aromatic rings. The number of hydrogen-bond acceptors (Lipinski definition) is 3. The first-order valence-corrected chi connectivity index (χ1v) is 7.69. The summed E-state index contributed by atoms with van der Waals surface area (Å²) in [6, 6.07) is 4.24. The molecular formula is C16H28N2O. The third-order valence-corrected chi connectivity index (χ3v) is 4.24. The first-order valence-electron chi connectivity index (χ1n) is 7.69. The van der Waals surface area contributed by atoms with E-state index in [0.29, 0.717) is 0 Å². The van der Waals surface area contributed by atoms with Gasteiger partial charge in [-0.2, -0.15) is 0 Å². The summed E-state index contributed by atoms with van der Waals surface area (Å²) in [5, 5.41) is 3.37. The quantitative estimate of drug-likeness (QED) is 0.799. The Morgan fingerprint density at radius 3 is 2.79 bits per heavy atom. The molecule has 1 aliphatic heterocycles. The van der Waals surface area contributed by atoms with Crippen molar-refractivity contribution in [2.45, 2.75) is 46.7 Å². The van der Waals surface area contributed by atoms with Crippen LogP contribution in [0.4, 0.5) is 0 Å². The summed E-state index contributed by atoms with van der Waals surface area (Å²) in [4.78, 5) is 2.52. The second-order valence-electron chi connectivity index (χ2n) is 6.02. The Bertz CT molecular complexity index is 375. The van der Waals surface area contributed by atoms with Crippen molar-refractivity contribution in [2.24, 2.45) is 11.8 Å². The van der Waals surface area contributed by atoms with Gasteiger partial charge in [0.2, 0.25) is 0 Å². The lowest BCUT2D eigenvalue weighted by atomic mass is 9.89. The molecule has 1 aromatic heterocycles. The SMILES string of the molecule is CCCNCc1ccc(CN2CCC(C)C(C)C2)o1. The topological polar surface area (TPSA) is 28.4 Å². The highest BCUT2D eigenvalue weighted by molar-refractivity contribution is 5.07. The molecule has 3 heteroatoms. The summed E-state index contributed by atoms with van der Waals surface area (Å²) < 4.78 is 5.89. The summed E-state index contributed by atoms with van der Waals surface area (Å²) in [6.07, 6.45) is 2.48. The van der Waals surface area contributed by atoms with E-state index < -0.39 is 0 Å². The van der Waals surface area contributed by atoms with Crippen molar-refractivity contribution in [1.82, 2.24) is 10.2 Å². The van der Waals surface area contributed by atoms with Crippen LogP contribution in [0.1, 0.15) is 45.1 Å². The largest absolute Gasteiger partial charge is 0.463 e. The number of nitrogens with one attached hydrogen (secondary N) is 1. The Balaban J connectivity index is 1.79. The van der Waals surface area contributed by atoms with Gasteiger partial charge in [0.25, 0.3) is 0 Å². The number of piperidine rings is 1. The van der Waals surface area contributed by atoms with Crippen LogP contribution in [0, 0.1) is 11.8 Å².